The van der Waals surface area contributed by atoms with Gasteiger partial charge in [-0.1, -0.05) is 145 Å². The summed E-state index contributed by atoms with van der Waals surface area (Å²) in [4.78, 5) is 0. The van der Waals surface area contributed by atoms with Gasteiger partial charge in [0.05, 0.1) is 0 Å². The van der Waals surface area contributed by atoms with E-state index >= 15 is 0 Å². The maximum Gasteiger partial charge on any atom is 0.0314 e. The van der Waals surface area contributed by atoms with E-state index in [9.17, 15) is 0 Å². The van der Waals surface area contributed by atoms with Crippen molar-refractivity contribution < 1.29 is 0 Å². The summed E-state index contributed by atoms with van der Waals surface area (Å²) < 4.78 is 0. The standard InChI is InChI=1S/C47H66N2/c1-3-5-14-20-44-36-40(34-38-24-30-46(48)31-25-38)22-28-42(44)18-16-12-10-8-7-9-11-13-17-19-43-29-23-41(37-45(43)21-15-6-4-2)35-39-26-32-47(49)33-27-39/h22-33,36-37H,3-21,34-35,48-49H2,1-2H3. The highest BCUT2D eigenvalue weighted by atomic mass is 14.5. The van der Waals surface area contributed by atoms with E-state index < -0.39 is 0 Å². The molecule has 4 aromatic rings. The topological polar surface area (TPSA) is 52.0 Å². The summed E-state index contributed by atoms with van der Waals surface area (Å²) in [6.07, 6.45) is 26.9. The van der Waals surface area contributed by atoms with Gasteiger partial charge in [0.15, 0.2) is 0 Å². The molecule has 0 aromatic heterocycles. The van der Waals surface area contributed by atoms with Crippen molar-refractivity contribution in [2.75, 3.05) is 11.5 Å². The monoisotopic (exact) mass is 659 g/mol. The Morgan fingerprint density at radius 3 is 1.00 bits per heavy atom. The van der Waals surface area contributed by atoms with Crippen LogP contribution in [0.25, 0.3) is 0 Å². The molecule has 0 spiro atoms. The summed E-state index contributed by atoms with van der Waals surface area (Å²) >= 11 is 0. The van der Waals surface area contributed by atoms with E-state index in [4.69, 9.17) is 11.5 Å². The number of unbranched alkanes of at least 4 members (excludes halogenated alkanes) is 12. The Labute approximate surface area is 300 Å². The van der Waals surface area contributed by atoms with E-state index in [1.165, 1.54) is 144 Å². The minimum absolute atomic E-state index is 0.839. The molecule has 0 aliphatic heterocycles. The zero-order valence-electron chi connectivity index (χ0n) is 31.1. The van der Waals surface area contributed by atoms with Crippen LogP contribution in [0, 0.1) is 0 Å². The number of anilines is 2. The van der Waals surface area contributed by atoms with E-state index in [1.807, 2.05) is 24.3 Å². The maximum atomic E-state index is 5.90. The molecule has 0 atom stereocenters. The predicted molar refractivity (Wildman–Crippen MR) is 216 cm³/mol. The van der Waals surface area contributed by atoms with Crippen molar-refractivity contribution in [1.29, 1.82) is 0 Å². The lowest BCUT2D eigenvalue weighted by Crippen LogP contribution is -1.99. The first-order valence-corrected chi connectivity index (χ1v) is 19.9. The SMILES string of the molecule is CCCCCc1cc(Cc2ccc(N)cc2)ccc1CCCCCCCCCCCc1ccc(Cc2ccc(N)cc2)cc1CCCCC. The van der Waals surface area contributed by atoms with Crippen LogP contribution in [-0.4, -0.2) is 0 Å². The first-order valence-electron chi connectivity index (χ1n) is 19.9. The third kappa shape index (κ3) is 14.5. The van der Waals surface area contributed by atoms with Crippen LogP contribution in [0.5, 0.6) is 0 Å². The summed E-state index contributed by atoms with van der Waals surface area (Å²) in [5.74, 6) is 0. The van der Waals surface area contributed by atoms with Crippen LogP contribution in [0.3, 0.4) is 0 Å². The van der Waals surface area contributed by atoms with Crippen LogP contribution in [0.2, 0.25) is 0 Å². The molecule has 2 heteroatoms. The van der Waals surface area contributed by atoms with Crippen LogP contribution >= 0.6 is 0 Å². The van der Waals surface area contributed by atoms with Gasteiger partial charge in [-0.25, -0.2) is 0 Å². The van der Waals surface area contributed by atoms with Gasteiger partial charge in [-0.05, 0) is 133 Å². The summed E-state index contributed by atoms with van der Waals surface area (Å²) in [5, 5.41) is 0. The van der Waals surface area contributed by atoms with Crippen LogP contribution in [0.15, 0.2) is 84.9 Å². The molecule has 2 nitrogen and oxygen atoms in total. The van der Waals surface area contributed by atoms with Gasteiger partial charge in [0.25, 0.3) is 0 Å². The Kier molecular flexibility index (Phi) is 17.4. The number of hydrogen-bond acceptors (Lipinski definition) is 2. The molecule has 0 heterocycles. The minimum atomic E-state index is 0.839. The van der Waals surface area contributed by atoms with Crippen molar-refractivity contribution in [3.8, 4) is 0 Å². The molecule has 264 valence electrons. The largest absolute Gasteiger partial charge is 0.399 e. The smallest absolute Gasteiger partial charge is 0.0314 e. The van der Waals surface area contributed by atoms with Crippen molar-refractivity contribution in [3.05, 3.63) is 129 Å². The van der Waals surface area contributed by atoms with E-state index in [0.717, 1.165) is 24.2 Å². The van der Waals surface area contributed by atoms with E-state index in [-0.39, 0.29) is 0 Å². The summed E-state index contributed by atoms with van der Waals surface area (Å²) in [5.41, 5.74) is 25.3. The fraction of sp³-hybridized carbons (Fsp3) is 0.489. The van der Waals surface area contributed by atoms with Gasteiger partial charge >= 0.3 is 0 Å². The predicted octanol–water partition coefficient (Wildman–Crippen LogP) is 12.8. The van der Waals surface area contributed by atoms with Crippen LogP contribution < -0.4 is 11.5 Å². The molecule has 4 aromatic carbocycles. The van der Waals surface area contributed by atoms with Gasteiger partial charge in [0.1, 0.15) is 0 Å². The molecule has 0 fully saturated rings. The molecule has 0 saturated heterocycles. The van der Waals surface area contributed by atoms with Gasteiger partial charge in [0.2, 0.25) is 0 Å². The highest BCUT2D eigenvalue weighted by molar-refractivity contribution is 5.43. The molecule has 0 unspecified atom stereocenters. The molecule has 0 aliphatic carbocycles. The molecular formula is C47H66N2. The van der Waals surface area contributed by atoms with E-state index in [1.54, 1.807) is 22.3 Å². The summed E-state index contributed by atoms with van der Waals surface area (Å²) in [7, 11) is 0. The third-order valence-electron chi connectivity index (χ3n) is 10.3. The first-order chi connectivity index (χ1) is 24.0. The van der Waals surface area contributed by atoms with Crippen molar-refractivity contribution in [2.45, 2.75) is 149 Å². The van der Waals surface area contributed by atoms with Gasteiger partial charge in [-0.3, -0.25) is 0 Å². The second kappa shape index (κ2) is 22.2. The molecular weight excluding hydrogens is 593 g/mol. The van der Waals surface area contributed by atoms with Crippen molar-refractivity contribution in [3.63, 3.8) is 0 Å². The van der Waals surface area contributed by atoms with E-state index in [0.29, 0.717) is 0 Å². The Morgan fingerprint density at radius 2 is 0.633 bits per heavy atom. The molecule has 0 amide bonds. The number of nitrogens with two attached hydrogens (primary N) is 2. The van der Waals surface area contributed by atoms with E-state index in [2.05, 4.69) is 74.5 Å². The maximum absolute atomic E-state index is 5.90. The fourth-order valence-electron chi connectivity index (χ4n) is 7.27. The average molecular weight is 659 g/mol. The van der Waals surface area contributed by atoms with Crippen LogP contribution in [-0.2, 0) is 38.5 Å². The molecule has 0 bridgehead atoms. The van der Waals surface area contributed by atoms with Gasteiger partial charge in [-0.15, -0.1) is 0 Å². The first kappa shape index (κ1) is 38.3. The van der Waals surface area contributed by atoms with Crippen molar-refractivity contribution in [1.82, 2.24) is 0 Å². The zero-order chi connectivity index (χ0) is 34.5. The summed E-state index contributed by atoms with van der Waals surface area (Å²) in [6.45, 7) is 4.60. The van der Waals surface area contributed by atoms with Crippen LogP contribution in [0.4, 0.5) is 11.4 Å². The Bertz CT molecular complexity index is 1350. The second-order valence-electron chi connectivity index (χ2n) is 14.6. The number of aryl methyl sites for hydroxylation is 4. The number of benzene rings is 4. The van der Waals surface area contributed by atoms with Crippen LogP contribution in [0.1, 0.15) is 155 Å². The Hall–Kier alpha value is -3.52. The van der Waals surface area contributed by atoms with Crippen molar-refractivity contribution in [2.24, 2.45) is 0 Å². The molecule has 0 aliphatic rings. The second-order valence-corrected chi connectivity index (χ2v) is 14.6. The lowest BCUT2D eigenvalue weighted by Gasteiger charge is -2.13. The van der Waals surface area contributed by atoms with Gasteiger partial charge in [0, 0.05) is 11.4 Å². The summed E-state index contributed by atoms with van der Waals surface area (Å²) in [6, 6.07) is 31.3. The Morgan fingerprint density at radius 1 is 0.327 bits per heavy atom. The molecule has 0 saturated carbocycles. The fourth-order valence-corrected chi connectivity index (χ4v) is 7.27. The number of nitrogen functional groups attached to an aromatic ring is 2. The lowest BCUT2D eigenvalue weighted by molar-refractivity contribution is 0.557. The molecule has 4 N–H and O–H groups in total. The number of hydrogen-bond donors (Lipinski definition) is 2. The molecule has 4 rings (SSSR count). The average Bonchev–Trinajstić information content (AvgIpc) is 3.11. The minimum Gasteiger partial charge on any atom is -0.399 e. The highest BCUT2D eigenvalue weighted by Gasteiger charge is 2.08. The molecule has 0 radical (unpaired) electrons. The third-order valence-corrected chi connectivity index (χ3v) is 10.3. The quantitative estimate of drug-likeness (QED) is 0.0581. The lowest BCUT2D eigenvalue weighted by atomic mass is 9.93. The Balaban J connectivity index is 1.12. The normalized spacial score (nSPS) is 11.3. The van der Waals surface area contributed by atoms with Gasteiger partial charge < -0.3 is 11.5 Å². The number of rotatable bonds is 24. The van der Waals surface area contributed by atoms with Gasteiger partial charge in [-0.2, -0.15) is 0 Å². The highest BCUT2D eigenvalue weighted by Crippen LogP contribution is 2.23. The zero-order valence-corrected chi connectivity index (χ0v) is 31.1. The molecule has 49 heavy (non-hydrogen) atoms. The van der Waals surface area contributed by atoms with Crippen molar-refractivity contribution >= 4 is 11.4 Å².